The summed E-state index contributed by atoms with van der Waals surface area (Å²) in [7, 11) is 0. The summed E-state index contributed by atoms with van der Waals surface area (Å²) >= 11 is 5.91. The molecule has 0 amide bonds. The van der Waals surface area contributed by atoms with Crippen LogP contribution in [0.2, 0.25) is 5.02 Å². The highest BCUT2D eigenvalue weighted by atomic mass is 35.5. The van der Waals surface area contributed by atoms with Crippen molar-refractivity contribution in [2.24, 2.45) is 0 Å². The molecule has 132 valence electrons. The minimum atomic E-state index is -4.97. The monoisotopic (exact) mass is 374 g/mol. The van der Waals surface area contributed by atoms with Crippen molar-refractivity contribution >= 4 is 23.2 Å². The van der Waals surface area contributed by atoms with Crippen LogP contribution in [-0.2, 0) is 11.2 Å². The van der Waals surface area contributed by atoms with Crippen molar-refractivity contribution in [2.75, 3.05) is 0 Å². The predicted molar refractivity (Wildman–Crippen MR) is 82.2 cm³/mol. The maximum Gasteiger partial charge on any atom is 0.573 e. The Labute approximate surface area is 145 Å². The highest BCUT2D eigenvalue weighted by molar-refractivity contribution is 6.31. The average Bonchev–Trinajstić information content (AvgIpc) is 2.47. The van der Waals surface area contributed by atoms with E-state index in [0.717, 1.165) is 12.1 Å². The van der Waals surface area contributed by atoms with E-state index in [9.17, 15) is 27.2 Å². The minimum absolute atomic E-state index is 0.109. The molecule has 0 saturated carbocycles. The fourth-order valence-corrected chi connectivity index (χ4v) is 2.31. The number of alkyl halides is 3. The molecule has 0 unspecified atom stereocenters. The molecule has 25 heavy (non-hydrogen) atoms. The Morgan fingerprint density at radius 1 is 1.08 bits per heavy atom. The molecule has 3 nitrogen and oxygen atoms in total. The van der Waals surface area contributed by atoms with Gasteiger partial charge in [-0.1, -0.05) is 29.8 Å². The Bertz CT molecular complexity index is 803. The molecule has 0 atom stereocenters. The lowest BCUT2D eigenvalue weighted by Gasteiger charge is -2.10. The van der Waals surface area contributed by atoms with E-state index >= 15 is 0 Å². The van der Waals surface area contributed by atoms with Crippen LogP contribution >= 0.6 is 11.6 Å². The van der Waals surface area contributed by atoms with Gasteiger partial charge in [-0.25, -0.2) is 4.39 Å². The molecule has 2 aromatic rings. The van der Waals surface area contributed by atoms with Crippen molar-refractivity contribution in [3.63, 3.8) is 0 Å². The van der Waals surface area contributed by atoms with Crippen molar-refractivity contribution in [1.82, 2.24) is 0 Å². The summed E-state index contributed by atoms with van der Waals surface area (Å²) in [5.41, 5.74) is 0.0402. The Morgan fingerprint density at radius 3 is 2.36 bits per heavy atom. The van der Waals surface area contributed by atoms with Crippen LogP contribution in [0, 0.1) is 5.82 Å². The zero-order valence-corrected chi connectivity index (χ0v) is 13.3. The van der Waals surface area contributed by atoms with Crippen molar-refractivity contribution in [3.8, 4) is 5.75 Å². The number of benzene rings is 2. The van der Waals surface area contributed by atoms with Crippen LogP contribution in [0.5, 0.6) is 5.75 Å². The molecule has 8 heteroatoms. The van der Waals surface area contributed by atoms with Crippen molar-refractivity contribution in [3.05, 3.63) is 64.4 Å². The van der Waals surface area contributed by atoms with Crippen molar-refractivity contribution in [1.29, 1.82) is 0 Å². The first-order valence-electron chi connectivity index (χ1n) is 6.99. The minimum Gasteiger partial charge on any atom is -0.406 e. The first-order chi connectivity index (χ1) is 11.7. The molecule has 0 spiro atoms. The molecular weight excluding hydrogens is 364 g/mol. The van der Waals surface area contributed by atoms with Gasteiger partial charge in [0.15, 0.2) is 5.78 Å². The van der Waals surface area contributed by atoms with E-state index in [1.807, 2.05) is 0 Å². The third kappa shape index (κ3) is 5.56. The van der Waals surface area contributed by atoms with Crippen LogP contribution < -0.4 is 4.74 Å². The Hall–Kier alpha value is -2.41. The number of halogens is 5. The Morgan fingerprint density at radius 2 is 1.76 bits per heavy atom. The highest BCUT2D eigenvalue weighted by Gasteiger charge is 2.31. The van der Waals surface area contributed by atoms with Gasteiger partial charge in [-0.15, -0.1) is 13.2 Å². The molecule has 0 N–H and O–H groups in total. The number of rotatable bonds is 6. The van der Waals surface area contributed by atoms with Crippen LogP contribution in [0.1, 0.15) is 22.3 Å². The summed E-state index contributed by atoms with van der Waals surface area (Å²) in [5, 5.41) is 0.364. The van der Waals surface area contributed by atoms with E-state index < -0.39 is 41.5 Å². The largest absolute Gasteiger partial charge is 0.573 e. The maximum absolute atomic E-state index is 13.8. The zero-order chi connectivity index (χ0) is 18.6. The lowest BCUT2D eigenvalue weighted by molar-refractivity contribution is -0.274. The fourth-order valence-electron chi connectivity index (χ4n) is 2.11. The maximum atomic E-state index is 13.8. The molecule has 0 fully saturated rings. The van der Waals surface area contributed by atoms with Crippen LogP contribution in [0.15, 0.2) is 42.5 Å². The molecule has 0 aromatic heterocycles. The predicted octanol–water partition coefficient (Wildman–Crippen LogP) is 4.76. The summed E-state index contributed by atoms with van der Waals surface area (Å²) in [5.74, 6) is -3.32. The number of hydrogen-bond acceptors (Lipinski definition) is 3. The molecule has 2 aromatic carbocycles. The first-order valence-corrected chi connectivity index (χ1v) is 7.37. The van der Waals surface area contributed by atoms with Gasteiger partial charge in [0.25, 0.3) is 0 Å². The van der Waals surface area contributed by atoms with Gasteiger partial charge in [0.05, 0.1) is 12.0 Å². The molecular formula is C17H11ClF4O3. The van der Waals surface area contributed by atoms with Gasteiger partial charge in [0.2, 0.25) is 0 Å². The van der Waals surface area contributed by atoms with Gasteiger partial charge in [-0.05, 0) is 23.8 Å². The normalized spacial score (nSPS) is 11.2. The Kier molecular flexibility index (Phi) is 5.79. The number of hydrogen-bond donors (Lipinski definition) is 0. The number of ketones is 2. The third-order valence-corrected chi connectivity index (χ3v) is 3.55. The van der Waals surface area contributed by atoms with Gasteiger partial charge in [0.1, 0.15) is 17.3 Å². The summed E-state index contributed by atoms with van der Waals surface area (Å²) in [6.45, 7) is 0. The van der Waals surface area contributed by atoms with E-state index in [2.05, 4.69) is 4.74 Å². The standard InChI is InChI=1S/C17H11ClF4O3/c18-14-4-2-1-3-10(14)7-11(23)8-16(24)13-6-5-12(9-15(13)19)25-17(20,21)22/h1-6,9H,7-8H2. The quantitative estimate of drug-likeness (QED) is 0.416. The van der Waals surface area contributed by atoms with Crippen molar-refractivity contribution in [2.45, 2.75) is 19.2 Å². The van der Waals surface area contributed by atoms with Crippen molar-refractivity contribution < 1.29 is 31.9 Å². The zero-order valence-electron chi connectivity index (χ0n) is 12.6. The Balaban J connectivity index is 2.05. The van der Waals surface area contributed by atoms with Gasteiger partial charge in [-0.2, -0.15) is 0 Å². The van der Waals surface area contributed by atoms with Gasteiger partial charge in [-0.3, -0.25) is 9.59 Å². The van der Waals surface area contributed by atoms with E-state index in [0.29, 0.717) is 16.7 Å². The van der Waals surface area contributed by atoms with E-state index in [1.54, 1.807) is 24.3 Å². The van der Waals surface area contributed by atoms with Gasteiger partial charge >= 0.3 is 6.36 Å². The lowest BCUT2D eigenvalue weighted by Crippen LogP contribution is -2.17. The molecule has 0 aliphatic carbocycles. The number of carbonyl (C=O) groups is 2. The smallest absolute Gasteiger partial charge is 0.406 e. The third-order valence-electron chi connectivity index (χ3n) is 3.18. The summed E-state index contributed by atoms with van der Waals surface area (Å²) in [6.07, 6.45) is -5.67. The summed E-state index contributed by atoms with van der Waals surface area (Å²) in [4.78, 5) is 23.9. The number of ether oxygens (including phenoxy) is 1. The first kappa shape index (κ1) is 18.9. The average molecular weight is 375 g/mol. The van der Waals surface area contributed by atoms with Gasteiger partial charge < -0.3 is 4.74 Å². The van der Waals surface area contributed by atoms with E-state index in [1.165, 1.54) is 0 Å². The summed E-state index contributed by atoms with van der Waals surface area (Å²) < 4.78 is 53.6. The number of Topliss-reactive ketones (excluding diaryl/α,β-unsaturated/α-hetero) is 2. The van der Waals surface area contributed by atoms with E-state index in [4.69, 9.17) is 11.6 Å². The van der Waals surface area contributed by atoms with Gasteiger partial charge in [0, 0.05) is 17.5 Å². The molecule has 0 radical (unpaired) electrons. The van der Waals surface area contributed by atoms with Crippen LogP contribution in [0.4, 0.5) is 17.6 Å². The van der Waals surface area contributed by atoms with Crippen LogP contribution in [0.3, 0.4) is 0 Å². The second-order valence-corrected chi connectivity index (χ2v) is 5.50. The lowest BCUT2D eigenvalue weighted by atomic mass is 10.0. The number of carbonyl (C=O) groups excluding carboxylic acids is 2. The van der Waals surface area contributed by atoms with E-state index in [-0.39, 0.29) is 6.42 Å². The fraction of sp³-hybridized carbons (Fsp3) is 0.176. The molecule has 0 aliphatic heterocycles. The van der Waals surface area contributed by atoms with Crippen LogP contribution in [0.25, 0.3) is 0 Å². The molecule has 0 aliphatic rings. The molecule has 2 rings (SSSR count). The van der Waals surface area contributed by atoms with Crippen LogP contribution in [-0.4, -0.2) is 17.9 Å². The SMILES string of the molecule is O=C(CC(=O)c1ccc(OC(F)(F)F)cc1F)Cc1ccccc1Cl. The topological polar surface area (TPSA) is 43.4 Å². The molecule has 0 saturated heterocycles. The molecule has 0 bridgehead atoms. The highest BCUT2D eigenvalue weighted by Crippen LogP contribution is 2.25. The second-order valence-electron chi connectivity index (χ2n) is 5.10. The summed E-state index contributed by atoms with van der Waals surface area (Å²) in [6, 6.07) is 8.67. The molecule has 0 heterocycles. The second kappa shape index (κ2) is 7.65.